The van der Waals surface area contributed by atoms with Crippen LogP contribution in [-0.4, -0.2) is 13.1 Å². The number of benzene rings is 1. The maximum Gasteiger partial charge on any atom is 0.00227 e. The van der Waals surface area contributed by atoms with Gasteiger partial charge < -0.3 is 5.32 Å². The summed E-state index contributed by atoms with van der Waals surface area (Å²) in [6, 6.07) is 9.08. The minimum atomic E-state index is 0.650. The van der Waals surface area contributed by atoms with E-state index in [2.05, 4.69) is 57.3 Å². The summed E-state index contributed by atoms with van der Waals surface area (Å²) >= 11 is 0. The molecule has 0 aliphatic heterocycles. The third-order valence-electron chi connectivity index (χ3n) is 3.73. The molecule has 0 amide bonds. The van der Waals surface area contributed by atoms with Gasteiger partial charge in [0.05, 0.1) is 0 Å². The van der Waals surface area contributed by atoms with Crippen LogP contribution in [0.15, 0.2) is 24.3 Å². The van der Waals surface area contributed by atoms with Crippen LogP contribution in [0.4, 0.5) is 0 Å². The molecule has 0 aliphatic carbocycles. The number of hydrogen-bond donors (Lipinski definition) is 1. The molecule has 2 unspecified atom stereocenters. The van der Waals surface area contributed by atoms with Crippen molar-refractivity contribution in [1.29, 1.82) is 0 Å². The zero-order valence-electron chi connectivity index (χ0n) is 12.5. The molecule has 1 aromatic carbocycles. The molecule has 0 aliphatic rings. The fourth-order valence-corrected chi connectivity index (χ4v) is 2.55. The maximum absolute atomic E-state index is 3.59. The summed E-state index contributed by atoms with van der Waals surface area (Å²) in [6.45, 7) is 11.3. The first-order valence-corrected chi connectivity index (χ1v) is 7.46. The summed E-state index contributed by atoms with van der Waals surface area (Å²) in [4.78, 5) is 0. The van der Waals surface area contributed by atoms with Crippen molar-refractivity contribution in [3.8, 4) is 0 Å². The van der Waals surface area contributed by atoms with E-state index in [1.54, 1.807) is 0 Å². The Kier molecular flexibility index (Phi) is 7.04. The van der Waals surface area contributed by atoms with Crippen LogP contribution in [0.1, 0.15) is 57.1 Å². The molecule has 1 nitrogen and oxygen atoms in total. The van der Waals surface area contributed by atoms with Crippen molar-refractivity contribution in [2.24, 2.45) is 5.92 Å². The Bertz CT molecular complexity index is 315. The highest BCUT2D eigenvalue weighted by atomic mass is 14.9. The summed E-state index contributed by atoms with van der Waals surface area (Å²) in [5, 5.41) is 3.59. The van der Waals surface area contributed by atoms with Crippen molar-refractivity contribution in [1.82, 2.24) is 5.32 Å². The van der Waals surface area contributed by atoms with E-state index in [1.807, 2.05) is 0 Å². The predicted molar refractivity (Wildman–Crippen MR) is 81.2 cm³/mol. The first-order chi connectivity index (χ1) is 8.69. The van der Waals surface area contributed by atoms with Crippen LogP contribution in [0, 0.1) is 12.8 Å². The molecule has 1 aromatic rings. The monoisotopic (exact) mass is 247 g/mol. The lowest BCUT2D eigenvalue weighted by Gasteiger charge is -2.25. The normalized spacial score (nSPS) is 14.4. The molecule has 0 fully saturated rings. The van der Waals surface area contributed by atoms with Gasteiger partial charge in [-0.3, -0.25) is 0 Å². The van der Waals surface area contributed by atoms with Crippen LogP contribution in [0.2, 0.25) is 0 Å². The molecular weight excluding hydrogens is 218 g/mol. The Hall–Kier alpha value is -0.820. The second-order valence-electron chi connectivity index (χ2n) is 5.49. The van der Waals surface area contributed by atoms with Crippen LogP contribution in [0.3, 0.4) is 0 Å². The van der Waals surface area contributed by atoms with E-state index in [4.69, 9.17) is 0 Å². The Morgan fingerprint density at radius 1 is 1.06 bits per heavy atom. The fourth-order valence-electron chi connectivity index (χ4n) is 2.55. The molecular formula is C17H29N. The topological polar surface area (TPSA) is 12.0 Å². The largest absolute Gasteiger partial charge is 0.316 e. The van der Waals surface area contributed by atoms with Gasteiger partial charge in [0, 0.05) is 6.54 Å². The third kappa shape index (κ3) is 4.81. The van der Waals surface area contributed by atoms with Gasteiger partial charge in [-0.2, -0.15) is 0 Å². The highest BCUT2D eigenvalue weighted by molar-refractivity contribution is 5.25. The van der Waals surface area contributed by atoms with Crippen molar-refractivity contribution < 1.29 is 0 Å². The van der Waals surface area contributed by atoms with Gasteiger partial charge >= 0.3 is 0 Å². The van der Waals surface area contributed by atoms with Crippen LogP contribution < -0.4 is 5.32 Å². The Morgan fingerprint density at radius 2 is 1.72 bits per heavy atom. The lowest BCUT2D eigenvalue weighted by molar-refractivity contribution is 0.404. The molecule has 0 spiro atoms. The van der Waals surface area contributed by atoms with Crippen LogP contribution >= 0.6 is 0 Å². The molecule has 18 heavy (non-hydrogen) atoms. The second-order valence-corrected chi connectivity index (χ2v) is 5.49. The number of nitrogens with one attached hydrogen (secondary N) is 1. The molecule has 1 N–H and O–H groups in total. The highest BCUT2D eigenvalue weighted by Crippen LogP contribution is 2.27. The maximum atomic E-state index is 3.59. The molecule has 2 atom stereocenters. The average molecular weight is 247 g/mol. The number of aryl methyl sites for hydroxylation is 1. The molecule has 0 heterocycles. The summed E-state index contributed by atoms with van der Waals surface area (Å²) in [5.74, 6) is 1.40. The molecule has 1 heteroatoms. The smallest absolute Gasteiger partial charge is 0.00227 e. The fraction of sp³-hybridized carbons (Fsp3) is 0.647. The minimum Gasteiger partial charge on any atom is -0.316 e. The Morgan fingerprint density at radius 3 is 2.28 bits per heavy atom. The molecule has 102 valence electrons. The van der Waals surface area contributed by atoms with Crippen LogP contribution in [0.25, 0.3) is 0 Å². The molecule has 1 rings (SSSR count). The highest BCUT2D eigenvalue weighted by Gasteiger charge is 2.18. The van der Waals surface area contributed by atoms with Crippen molar-refractivity contribution >= 4 is 0 Å². The van der Waals surface area contributed by atoms with E-state index < -0.39 is 0 Å². The average Bonchev–Trinajstić information content (AvgIpc) is 2.36. The zero-order valence-corrected chi connectivity index (χ0v) is 12.5. The van der Waals surface area contributed by atoms with Gasteiger partial charge in [0.1, 0.15) is 0 Å². The van der Waals surface area contributed by atoms with Crippen molar-refractivity contribution in [3.63, 3.8) is 0 Å². The van der Waals surface area contributed by atoms with Gasteiger partial charge in [-0.05, 0) is 37.3 Å². The van der Waals surface area contributed by atoms with Crippen molar-refractivity contribution in [3.05, 3.63) is 35.4 Å². The van der Waals surface area contributed by atoms with E-state index in [1.165, 1.54) is 30.4 Å². The van der Waals surface area contributed by atoms with Gasteiger partial charge in [0.2, 0.25) is 0 Å². The standard InChI is InChI=1S/C17H29N/c1-5-7-15(4)17(13-18-12-6-2)16-10-8-14(3)9-11-16/h8-11,15,17-18H,5-7,12-13H2,1-4H3. The van der Waals surface area contributed by atoms with E-state index >= 15 is 0 Å². The summed E-state index contributed by atoms with van der Waals surface area (Å²) in [7, 11) is 0. The van der Waals surface area contributed by atoms with Crippen molar-refractivity contribution in [2.45, 2.75) is 52.9 Å². The molecule has 0 saturated heterocycles. The molecule has 0 aromatic heterocycles. The SMILES string of the molecule is CCCNCC(c1ccc(C)cc1)C(C)CCC. The Balaban J connectivity index is 2.72. The van der Waals surface area contributed by atoms with E-state index in [-0.39, 0.29) is 0 Å². The third-order valence-corrected chi connectivity index (χ3v) is 3.73. The van der Waals surface area contributed by atoms with Crippen LogP contribution in [0.5, 0.6) is 0 Å². The lowest BCUT2D eigenvalue weighted by Crippen LogP contribution is -2.26. The van der Waals surface area contributed by atoms with Gasteiger partial charge in [-0.1, -0.05) is 63.4 Å². The van der Waals surface area contributed by atoms with Crippen molar-refractivity contribution in [2.75, 3.05) is 13.1 Å². The summed E-state index contributed by atoms with van der Waals surface area (Å²) < 4.78 is 0. The first-order valence-electron chi connectivity index (χ1n) is 7.46. The van der Waals surface area contributed by atoms with E-state index in [0.717, 1.165) is 19.0 Å². The van der Waals surface area contributed by atoms with Crippen LogP contribution in [-0.2, 0) is 0 Å². The summed E-state index contributed by atoms with van der Waals surface area (Å²) in [5.41, 5.74) is 2.84. The summed E-state index contributed by atoms with van der Waals surface area (Å²) in [6.07, 6.45) is 3.80. The van der Waals surface area contributed by atoms with Gasteiger partial charge in [-0.25, -0.2) is 0 Å². The molecule has 0 saturated carbocycles. The number of hydrogen-bond acceptors (Lipinski definition) is 1. The second kappa shape index (κ2) is 8.31. The van der Waals surface area contributed by atoms with E-state index in [0.29, 0.717) is 5.92 Å². The molecule has 0 radical (unpaired) electrons. The van der Waals surface area contributed by atoms with Gasteiger partial charge in [0.15, 0.2) is 0 Å². The van der Waals surface area contributed by atoms with Gasteiger partial charge in [-0.15, -0.1) is 0 Å². The first kappa shape index (κ1) is 15.2. The quantitative estimate of drug-likeness (QED) is 0.666. The molecule has 0 bridgehead atoms. The number of rotatable bonds is 8. The minimum absolute atomic E-state index is 0.650. The zero-order chi connectivity index (χ0) is 13.4. The lowest BCUT2D eigenvalue weighted by atomic mass is 9.84. The van der Waals surface area contributed by atoms with Gasteiger partial charge in [0.25, 0.3) is 0 Å². The Labute approximate surface area is 113 Å². The van der Waals surface area contributed by atoms with E-state index in [9.17, 15) is 0 Å². The predicted octanol–water partition coefficient (Wildman–Crippen LogP) is 4.51.